The first-order chi connectivity index (χ1) is 20.5. The van der Waals surface area contributed by atoms with Gasteiger partial charge in [0.05, 0.1) is 17.0 Å². The van der Waals surface area contributed by atoms with Gasteiger partial charge < -0.3 is 20.3 Å². The second-order valence-corrected chi connectivity index (χ2v) is 10.9. The number of aromatic amines is 1. The van der Waals surface area contributed by atoms with E-state index in [-0.39, 0.29) is 11.7 Å². The zero-order valence-corrected chi connectivity index (χ0v) is 23.5. The number of fused-ring (bicyclic) bond motifs is 1. The van der Waals surface area contributed by atoms with Crippen molar-refractivity contribution in [3.63, 3.8) is 0 Å². The van der Waals surface area contributed by atoms with E-state index in [1.165, 1.54) is 0 Å². The van der Waals surface area contributed by atoms with Crippen LogP contribution in [0.3, 0.4) is 0 Å². The SMILES string of the molecule is Cc1cc(Nc2cc(C(F)(F)F)ccn2)nc(-c2ccc(C3(O)CCN(C(=O)c4[nH]c5ccccc5c4C)CC3)nc2)c1. The number of nitrogens with one attached hydrogen (secondary N) is 2. The highest BCUT2D eigenvalue weighted by molar-refractivity contribution is 6.00. The summed E-state index contributed by atoms with van der Waals surface area (Å²) < 4.78 is 39.3. The number of pyridine rings is 3. The number of aliphatic hydroxyl groups is 1. The molecule has 11 heteroatoms. The summed E-state index contributed by atoms with van der Waals surface area (Å²) in [6.07, 6.45) is -1.09. The number of para-hydroxylation sites is 1. The van der Waals surface area contributed by atoms with Crippen molar-refractivity contribution in [2.24, 2.45) is 0 Å². The van der Waals surface area contributed by atoms with E-state index in [9.17, 15) is 23.1 Å². The Hall–Kier alpha value is -4.77. The van der Waals surface area contributed by atoms with Crippen LogP contribution >= 0.6 is 0 Å². The molecule has 43 heavy (non-hydrogen) atoms. The number of hydrogen-bond acceptors (Lipinski definition) is 6. The Morgan fingerprint density at radius 1 is 1.00 bits per heavy atom. The molecular formula is C32H29F3N6O2. The van der Waals surface area contributed by atoms with Crippen LogP contribution in [0.4, 0.5) is 24.8 Å². The highest BCUT2D eigenvalue weighted by atomic mass is 19.4. The molecule has 8 nitrogen and oxygen atoms in total. The number of aryl methyl sites for hydroxylation is 2. The third kappa shape index (κ3) is 5.68. The van der Waals surface area contributed by atoms with Crippen molar-refractivity contribution in [3.05, 3.63) is 101 Å². The number of carbonyl (C=O) groups excluding carboxylic acids is 1. The van der Waals surface area contributed by atoms with Crippen LogP contribution in [0.15, 0.2) is 73.1 Å². The fourth-order valence-corrected chi connectivity index (χ4v) is 5.50. The summed E-state index contributed by atoms with van der Waals surface area (Å²) in [6.45, 7) is 4.55. The molecule has 0 atom stereocenters. The van der Waals surface area contributed by atoms with E-state index < -0.39 is 17.3 Å². The standard InChI is InChI=1S/C32H29F3N6O2/c1-19-15-25(38-28(16-19)40-27-17-22(9-12-36-27)32(33,34)35)21-7-8-26(37-18-21)31(43)10-13-41(14-11-31)30(42)29-20(2)23-5-3-4-6-24(23)39-29/h3-9,12,15-18,39,43H,10-11,13-14H2,1-2H3,(H,36,38,40). The number of nitrogens with zero attached hydrogens (tertiary/aromatic N) is 4. The summed E-state index contributed by atoms with van der Waals surface area (Å²) in [5, 5.41) is 15.3. The summed E-state index contributed by atoms with van der Waals surface area (Å²) in [5.74, 6) is 0.278. The first-order valence-electron chi connectivity index (χ1n) is 13.8. The number of likely N-dealkylation sites (tertiary alicyclic amines) is 1. The maximum absolute atomic E-state index is 13.3. The normalized spacial score (nSPS) is 15.1. The van der Waals surface area contributed by atoms with Crippen molar-refractivity contribution in [2.75, 3.05) is 18.4 Å². The minimum atomic E-state index is -4.48. The topological polar surface area (TPSA) is 107 Å². The molecule has 1 saturated heterocycles. The van der Waals surface area contributed by atoms with Gasteiger partial charge in [0.15, 0.2) is 0 Å². The monoisotopic (exact) mass is 586 g/mol. The van der Waals surface area contributed by atoms with Gasteiger partial charge in [0.1, 0.15) is 22.9 Å². The molecule has 0 saturated carbocycles. The minimum absolute atomic E-state index is 0.0269. The lowest BCUT2D eigenvalue weighted by Gasteiger charge is -2.37. The van der Waals surface area contributed by atoms with Crippen molar-refractivity contribution in [2.45, 2.75) is 38.5 Å². The van der Waals surface area contributed by atoms with Crippen LogP contribution < -0.4 is 5.32 Å². The van der Waals surface area contributed by atoms with Gasteiger partial charge in [-0.15, -0.1) is 0 Å². The van der Waals surface area contributed by atoms with Crippen LogP contribution in [0.5, 0.6) is 0 Å². The lowest BCUT2D eigenvalue weighted by atomic mass is 9.87. The molecule has 220 valence electrons. The van der Waals surface area contributed by atoms with Crippen LogP contribution in [0.2, 0.25) is 0 Å². The minimum Gasteiger partial charge on any atom is -0.383 e. The molecular weight excluding hydrogens is 557 g/mol. The van der Waals surface area contributed by atoms with E-state index in [0.717, 1.165) is 40.4 Å². The first kappa shape index (κ1) is 28.4. The highest BCUT2D eigenvalue weighted by Crippen LogP contribution is 2.34. The number of H-pyrrole nitrogens is 1. The van der Waals surface area contributed by atoms with E-state index in [1.807, 2.05) is 44.2 Å². The number of benzene rings is 1. The molecule has 1 aliphatic rings. The predicted molar refractivity (Wildman–Crippen MR) is 157 cm³/mol. The van der Waals surface area contributed by atoms with E-state index in [0.29, 0.717) is 54.4 Å². The number of alkyl halides is 3. The summed E-state index contributed by atoms with van der Waals surface area (Å²) in [4.78, 5) is 31.4. The number of amides is 1. The average Bonchev–Trinajstić information content (AvgIpc) is 3.33. The molecule has 0 radical (unpaired) electrons. The summed E-state index contributed by atoms with van der Waals surface area (Å²) >= 11 is 0. The fraction of sp³-hybridized carbons (Fsp3) is 0.250. The van der Waals surface area contributed by atoms with E-state index in [4.69, 9.17) is 0 Å². The summed E-state index contributed by atoms with van der Waals surface area (Å²) in [5.41, 5.74) is 2.98. The number of piperidine rings is 1. The number of aromatic nitrogens is 4. The van der Waals surface area contributed by atoms with E-state index >= 15 is 0 Å². The molecule has 5 heterocycles. The van der Waals surface area contributed by atoms with Gasteiger partial charge in [0.25, 0.3) is 5.91 Å². The Bertz CT molecular complexity index is 1810. The smallest absolute Gasteiger partial charge is 0.383 e. The van der Waals surface area contributed by atoms with Crippen molar-refractivity contribution in [1.29, 1.82) is 0 Å². The molecule has 0 unspecified atom stereocenters. The molecule has 1 fully saturated rings. The Kier molecular flexibility index (Phi) is 7.13. The maximum atomic E-state index is 13.3. The number of rotatable bonds is 5. The molecule has 5 aromatic rings. The van der Waals surface area contributed by atoms with Crippen molar-refractivity contribution < 1.29 is 23.1 Å². The van der Waals surface area contributed by atoms with Crippen molar-refractivity contribution >= 4 is 28.4 Å². The number of anilines is 2. The summed E-state index contributed by atoms with van der Waals surface area (Å²) in [7, 11) is 0. The number of halogens is 3. The van der Waals surface area contributed by atoms with Gasteiger partial charge in [-0.1, -0.05) is 18.2 Å². The maximum Gasteiger partial charge on any atom is 0.416 e. The van der Waals surface area contributed by atoms with Gasteiger partial charge >= 0.3 is 6.18 Å². The largest absolute Gasteiger partial charge is 0.416 e. The lowest BCUT2D eigenvalue weighted by Crippen LogP contribution is -2.45. The van der Waals surface area contributed by atoms with Crippen LogP contribution in [-0.2, 0) is 11.8 Å². The van der Waals surface area contributed by atoms with Crippen molar-refractivity contribution in [1.82, 2.24) is 24.8 Å². The van der Waals surface area contributed by atoms with Gasteiger partial charge in [-0.2, -0.15) is 13.2 Å². The molecule has 0 spiro atoms. The number of carbonyl (C=O) groups is 1. The molecule has 0 bridgehead atoms. The summed E-state index contributed by atoms with van der Waals surface area (Å²) in [6, 6.07) is 16.7. The third-order valence-corrected chi connectivity index (χ3v) is 7.91. The Labute approximate surface area is 245 Å². The molecule has 0 aliphatic carbocycles. The van der Waals surface area contributed by atoms with Crippen LogP contribution in [-0.4, -0.2) is 48.9 Å². The number of hydrogen-bond donors (Lipinski definition) is 3. The first-order valence-corrected chi connectivity index (χ1v) is 13.8. The molecule has 4 aromatic heterocycles. The third-order valence-electron chi connectivity index (χ3n) is 7.91. The predicted octanol–water partition coefficient (Wildman–Crippen LogP) is 6.52. The molecule has 6 rings (SSSR count). The molecule has 1 amide bonds. The van der Waals surface area contributed by atoms with Gasteiger partial charge in [-0.3, -0.25) is 9.78 Å². The van der Waals surface area contributed by atoms with Crippen LogP contribution in [0.25, 0.3) is 22.2 Å². The lowest BCUT2D eigenvalue weighted by molar-refractivity contribution is -0.137. The Morgan fingerprint density at radius 2 is 1.77 bits per heavy atom. The van der Waals surface area contributed by atoms with E-state index in [1.54, 1.807) is 29.3 Å². The Morgan fingerprint density at radius 3 is 2.47 bits per heavy atom. The zero-order chi connectivity index (χ0) is 30.4. The second kappa shape index (κ2) is 10.8. The highest BCUT2D eigenvalue weighted by Gasteiger charge is 2.37. The quantitative estimate of drug-likeness (QED) is 0.216. The zero-order valence-electron chi connectivity index (χ0n) is 23.5. The molecule has 1 aliphatic heterocycles. The molecule has 1 aromatic carbocycles. The van der Waals surface area contributed by atoms with Crippen LogP contribution in [0.1, 0.15) is 45.7 Å². The van der Waals surface area contributed by atoms with Crippen LogP contribution in [0, 0.1) is 13.8 Å². The second-order valence-electron chi connectivity index (χ2n) is 10.9. The Balaban J connectivity index is 1.15. The average molecular weight is 587 g/mol. The van der Waals surface area contributed by atoms with Crippen molar-refractivity contribution in [3.8, 4) is 11.3 Å². The van der Waals surface area contributed by atoms with Gasteiger partial charge in [-0.05, 0) is 80.3 Å². The van der Waals surface area contributed by atoms with Gasteiger partial charge in [0, 0.05) is 41.9 Å². The van der Waals surface area contributed by atoms with E-state index in [2.05, 4.69) is 25.3 Å². The van der Waals surface area contributed by atoms with Gasteiger partial charge in [0.2, 0.25) is 0 Å². The fourth-order valence-electron chi connectivity index (χ4n) is 5.50. The van der Waals surface area contributed by atoms with Gasteiger partial charge in [-0.25, -0.2) is 9.97 Å². The molecule has 3 N–H and O–H groups in total.